The van der Waals surface area contributed by atoms with Gasteiger partial charge in [-0.1, -0.05) is 17.2 Å². The van der Waals surface area contributed by atoms with Crippen LogP contribution >= 0.6 is 11.6 Å². The molecular weight excluding hydrogens is 136 g/mol. The summed E-state index contributed by atoms with van der Waals surface area (Å²) < 4.78 is 0. The van der Waals surface area contributed by atoms with Crippen LogP contribution in [0.3, 0.4) is 0 Å². The summed E-state index contributed by atoms with van der Waals surface area (Å²) in [5, 5.41) is 8.83. The quantitative estimate of drug-likeness (QED) is 0.651. The van der Waals surface area contributed by atoms with Crippen molar-refractivity contribution in [1.82, 2.24) is 0 Å². The third-order valence-electron chi connectivity index (χ3n) is 1.14. The van der Waals surface area contributed by atoms with E-state index in [2.05, 4.69) is 0 Å². The highest BCUT2D eigenvalue weighted by Crippen LogP contribution is 2.06. The molecule has 0 saturated heterocycles. The van der Waals surface area contributed by atoms with Crippen molar-refractivity contribution in [3.8, 4) is 0 Å². The largest absolute Gasteiger partial charge is 0.393 e. The van der Waals surface area contributed by atoms with Crippen LogP contribution in [0.5, 0.6) is 0 Å². The van der Waals surface area contributed by atoms with E-state index in [-0.39, 0.29) is 6.10 Å². The first-order valence-corrected chi connectivity index (χ1v) is 3.54. The lowest BCUT2D eigenvalue weighted by Gasteiger charge is -2.01. The lowest BCUT2D eigenvalue weighted by atomic mass is 10.1. The van der Waals surface area contributed by atoms with Gasteiger partial charge in [0, 0.05) is 5.54 Å². The maximum atomic E-state index is 8.83. The van der Waals surface area contributed by atoms with Crippen molar-refractivity contribution in [3.63, 3.8) is 0 Å². The number of aliphatic hydroxyl groups excluding tert-OH is 1. The monoisotopic (exact) mass is 148 g/mol. The Hall–Kier alpha value is -0.0100. The molecule has 1 unspecified atom stereocenters. The second kappa shape index (κ2) is 4.83. The standard InChI is InChI=1S/C7H13ClO/c1-6(5-8)3-4-7(2)9/h5,7,9H,3-4H2,1-2H3/b6-5+. The molecule has 1 N–H and O–H groups in total. The molecule has 0 rings (SSSR count). The molecule has 2 heteroatoms. The SMILES string of the molecule is C/C(=C\Cl)CCC(C)O. The van der Waals surface area contributed by atoms with E-state index < -0.39 is 0 Å². The van der Waals surface area contributed by atoms with Gasteiger partial charge in [0.2, 0.25) is 0 Å². The summed E-state index contributed by atoms with van der Waals surface area (Å²) >= 11 is 5.39. The minimum Gasteiger partial charge on any atom is -0.393 e. The molecule has 0 radical (unpaired) electrons. The number of allylic oxidation sites excluding steroid dienone is 1. The maximum absolute atomic E-state index is 8.83. The van der Waals surface area contributed by atoms with Gasteiger partial charge in [-0.3, -0.25) is 0 Å². The fraction of sp³-hybridized carbons (Fsp3) is 0.714. The molecule has 0 bridgehead atoms. The molecule has 0 heterocycles. The van der Waals surface area contributed by atoms with Crippen LogP contribution in [0.15, 0.2) is 11.1 Å². The van der Waals surface area contributed by atoms with Crippen LogP contribution in [0.25, 0.3) is 0 Å². The predicted octanol–water partition coefficient (Wildman–Crippen LogP) is 2.29. The van der Waals surface area contributed by atoms with Crippen molar-refractivity contribution in [2.24, 2.45) is 0 Å². The van der Waals surface area contributed by atoms with Gasteiger partial charge in [0.1, 0.15) is 0 Å². The average molecular weight is 149 g/mol. The Morgan fingerprint density at radius 3 is 2.67 bits per heavy atom. The number of aliphatic hydroxyl groups is 1. The van der Waals surface area contributed by atoms with Gasteiger partial charge in [-0.2, -0.15) is 0 Å². The van der Waals surface area contributed by atoms with E-state index >= 15 is 0 Å². The molecule has 0 aromatic heterocycles. The number of rotatable bonds is 3. The molecule has 0 fully saturated rings. The Morgan fingerprint density at radius 2 is 2.33 bits per heavy atom. The van der Waals surface area contributed by atoms with E-state index in [9.17, 15) is 0 Å². The average Bonchev–Trinajstić information content (AvgIpc) is 1.83. The van der Waals surface area contributed by atoms with Gasteiger partial charge in [-0.25, -0.2) is 0 Å². The van der Waals surface area contributed by atoms with Crippen LogP contribution in [0.4, 0.5) is 0 Å². The number of halogens is 1. The Labute approximate surface area is 61.3 Å². The van der Waals surface area contributed by atoms with Crippen molar-refractivity contribution in [2.75, 3.05) is 0 Å². The molecular formula is C7H13ClO. The Bertz CT molecular complexity index is 97.1. The fourth-order valence-electron chi connectivity index (χ4n) is 0.491. The lowest BCUT2D eigenvalue weighted by Crippen LogP contribution is -1.98. The van der Waals surface area contributed by atoms with E-state index in [4.69, 9.17) is 16.7 Å². The van der Waals surface area contributed by atoms with E-state index in [1.807, 2.05) is 6.92 Å². The van der Waals surface area contributed by atoms with Crippen molar-refractivity contribution < 1.29 is 5.11 Å². The van der Waals surface area contributed by atoms with Gasteiger partial charge < -0.3 is 5.11 Å². The summed E-state index contributed by atoms with van der Waals surface area (Å²) in [6.07, 6.45) is 1.48. The lowest BCUT2D eigenvalue weighted by molar-refractivity contribution is 0.185. The molecule has 0 spiro atoms. The summed E-state index contributed by atoms with van der Waals surface area (Å²) in [6.45, 7) is 3.73. The summed E-state index contributed by atoms with van der Waals surface area (Å²) in [6, 6.07) is 0. The third kappa shape index (κ3) is 5.87. The van der Waals surface area contributed by atoms with Crippen molar-refractivity contribution >= 4 is 11.6 Å². The molecule has 0 aliphatic heterocycles. The Kier molecular flexibility index (Phi) is 4.83. The van der Waals surface area contributed by atoms with Crippen LogP contribution in [-0.2, 0) is 0 Å². The van der Waals surface area contributed by atoms with Gasteiger partial charge >= 0.3 is 0 Å². The predicted molar refractivity (Wildman–Crippen MR) is 40.5 cm³/mol. The maximum Gasteiger partial charge on any atom is 0.0515 e. The minimum absolute atomic E-state index is 0.212. The molecule has 1 nitrogen and oxygen atoms in total. The van der Waals surface area contributed by atoms with Gasteiger partial charge in [0.15, 0.2) is 0 Å². The number of hydrogen-bond donors (Lipinski definition) is 1. The van der Waals surface area contributed by atoms with Crippen molar-refractivity contribution in [2.45, 2.75) is 32.8 Å². The van der Waals surface area contributed by atoms with Crippen LogP contribution in [0, 0.1) is 0 Å². The van der Waals surface area contributed by atoms with Crippen molar-refractivity contribution in [1.29, 1.82) is 0 Å². The molecule has 0 aromatic rings. The highest BCUT2D eigenvalue weighted by molar-refractivity contribution is 6.25. The van der Waals surface area contributed by atoms with E-state index in [1.54, 1.807) is 12.5 Å². The molecule has 0 aliphatic carbocycles. The van der Waals surface area contributed by atoms with E-state index in [1.165, 1.54) is 0 Å². The zero-order chi connectivity index (χ0) is 7.28. The first-order valence-electron chi connectivity index (χ1n) is 3.10. The van der Waals surface area contributed by atoms with Crippen LogP contribution in [0.2, 0.25) is 0 Å². The zero-order valence-corrected chi connectivity index (χ0v) is 6.65. The van der Waals surface area contributed by atoms with Gasteiger partial charge in [-0.05, 0) is 26.7 Å². The second-order valence-corrected chi connectivity index (χ2v) is 2.56. The smallest absolute Gasteiger partial charge is 0.0515 e. The molecule has 54 valence electrons. The molecule has 1 atom stereocenters. The van der Waals surface area contributed by atoms with E-state index in [0.717, 1.165) is 18.4 Å². The van der Waals surface area contributed by atoms with Crippen LogP contribution < -0.4 is 0 Å². The van der Waals surface area contributed by atoms with Crippen LogP contribution in [0.1, 0.15) is 26.7 Å². The molecule has 0 saturated carbocycles. The van der Waals surface area contributed by atoms with Crippen LogP contribution in [-0.4, -0.2) is 11.2 Å². The highest BCUT2D eigenvalue weighted by Gasteiger charge is 1.94. The normalized spacial score (nSPS) is 15.8. The first-order chi connectivity index (χ1) is 4.16. The molecule has 0 amide bonds. The summed E-state index contributed by atoms with van der Waals surface area (Å²) in [7, 11) is 0. The Morgan fingerprint density at radius 1 is 1.78 bits per heavy atom. The van der Waals surface area contributed by atoms with Gasteiger partial charge in [-0.15, -0.1) is 0 Å². The van der Waals surface area contributed by atoms with Crippen molar-refractivity contribution in [3.05, 3.63) is 11.1 Å². The second-order valence-electron chi connectivity index (χ2n) is 2.34. The highest BCUT2D eigenvalue weighted by atomic mass is 35.5. The molecule has 9 heavy (non-hydrogen) atoms. The van der Waals surface area contributed by atoms with Gasteiger partial charge in [0.05, 0.1) is 6.10 Å². The third-order valence-corrected chi connectivity index (χ3v) is 1.52. The summed E-state index contributed by atoms with van der Waals surface area (Å²) in [5.74, 6) is 0. The molecule has 0 aliphatic rings. The molecule has 0 aromatic carbocycles. The topological polar surface area (TPSA) is 20.2 Å². The zero-order valence-electron chi connectivity index (χ0n) is 5.89. The summed E-state index contributed by atoms with van der Waals surface area (Å²) in [5.41, 5.74) is 2.68. The fourth-order valence-corrected chi connectivity index (χ4v) is 0.600. The first kappa shape index (κ1) is 8.99. The van der Waals surface area contributed by atoms with Gasteiger partial charge in [0.25, 0.3) is 0 Å². The minimum atomic E-state index is -0.212. The van der Waals surface area contributed by atoms with E-state index in [0.29, 0.717) is 0 Å². The Balaban J connectivity index is 3.28. The summed E-state index contributed by atoms with van der Waals surface area (Å²) in [4.78, 5) is 0. The number of hydrogen-bond acceptors (Lipinski definition) is 1.